The quantitative estimate of drug-likeness (QED) is 0.625. The van der Waals surface area contributed by atoms with E-state index in [1.807, 2.05) is 24.3 Å². The molecule has 0 aliphatic carbocycles. The van der Waals surface area contributed by atoms with E-state index < -0.39 is 12.0 Å². The topological polar surface area (TPSA) is 55.8 Å². The fourth-order valence-corrected chi connectivity index (χ4v) is 4.62. The van der Waals surface area contributed by atoms with Gasteiger partial charge in [0.2, 0.25) is 6.41 Å². The smallest absolute Gasteiger partial charge is 0.330 e. The summed E-state index contributed by atoms with van der Waals surface area (Å²) < 4.78 is 10.4. The molecule has 1 aromatic carbocycles. The Balaban J connectivity index is 2.51. The normalized spacial score (nSPS) is 24.4. The van der Waals surface area contributed by atoms with Gasteiger partial charge in [-0.05, 0) is 11.5 Å². The number of rotatable bonds is 4. The van der Waals surface area contributed by atoms with Crippen molar-refractivity contribution < 1.29 is 19.1 Å². The lowest BCUT2D eigenvalue weighted by Gasteiger charge is -2.33. The molecule has 1 aliphatic rings. The number of hydrogen-bond acceptors (Lipinski definition) is 5. The number of para-hydroxylation sites is 1. The molecular weight excluding hydrogens is 314 g/mol. The lowest BCUT2D eigenvalue weighted by molar-refractivity contribution is -0.150. The number of esters is 1. The minimum absolute atomic E-state index is 0.126. The van der Waals surface area contributed by atoms with E-state index in [2.05, 4.69) is 20.8 Å². The Bertz CT molecular complexity index is 584. The monoisotopic (exact) mass is 337 g/mol. The van der Waals surface area contributed by atoms with Crippen LogP contribution in [0.4, 0.5) is 0 Å². The van der Waals surface area contributed by atoms with E-state index >= 15 is 0 Å². The molecule has 0 unspecified atom stereocenters. The van der Waals surface area contributed by atoms with Crippen LogP contribution in [0.2, 0.25) is 0 Å². The first-order chi connectivity index (χ1) is 10.8. The number of amides is 1. The molecule has 1 aliphatic heterocycles. The molecule has 0 bridgehead atoms. The molecule has 6 heteroatoms. The van der Waals surface area contributed by atoms with Crippen LogP contribution in [-0.2, 0) is 14.3 Å². The van der Waals surface area contributed by atoms with Gasteiger partial charge >= 0.3 is 5.97 Å². The lowest BCUT2D eigenvalue weighted by Crippen LogP contribution is -2.46. The maximum Gasteiger partial charge on any atom is 0.330 e. The SMILES string of the molecule is COC(=O)[C@@H]1[C@@H](c2ccccc2OC)S[C@H](C(C)(C)C)N1C=O. The van der Waals surface area contributed by atoms with E-state index in [0.29, 0.717) is 5.75 Å². The van der Waals surface area contributed by atoms with Gasteiger partial charge in [-0.1, -0.05) is 39.0 Å². The number of benzene rings is 1. The van der Waals surface area contributed by atoms with Crippen molar-refractivity contribution in [1.29, 1.82) is 0 Å². The van der Waals surface area contributed by atoms with Crippen LogP contribution in [0, 0.1) is 5.41 Å². The summed E-state index contributed by atoms with van der Waals surface area (Å²) in [5.41, 5.74) is 0.725. The molecule has 1 heterocycles. The highest BCUT2D eigenvalue weighted by atomic mass is 32.2. The number of ether oxygens (including phenoxy) is 2. The first kappa shape index (κ1) is 17.7. The Morgan fingerprint density at radius 3 is 2.43 bits per heavy atom. The minimum atomic E-state index is -0.664. The van der Waals surface area contributed by atoms with Crippen molar-refractivity contribution in [1.82, 2.24) is 4.90 Å². The highest BCUT2D eigenvalue weighted by Crippen LogP contribution is 2.53. The van der Waals surface area contributed by atoms with Gasteiger partial charge in [-0.25, -0.2) is 4.79 Å². The van der Waals surface area contributed by atoms with Gasteiger partial charge in [0, 0.05) is 5.56 Å². The van der Waals surface area contributed by atoms with Gasteiger partial charge < -0.3 is 14.4 Å². The molecule has 5 nitrogen and oxygen atoms in total. The second-order valence-corrected chi connectivity index (χ2v) is 7.76. The third-order valence-corrected chi connectivity index (χ3v) is 5.92. The van der Waals surface area contributed by atoms with Crippen molar-refractivity contribution >= 4 is 24.1 Å². The maximum atomic E-state index is 12.4. The van der Waals surface area contributed by atoms with Crippen LogP contribution in [0.5, 0.6) is 5.75 Å². The minimum Gasteiger partial charge on any atom is -0.496 e. The molecule has 2 rings (SSSR count). The standard InChI is InChI=1S/C17H23NO4S/c1-17(2,3)16-18(10-19)13(15(20)22-5)14(23-16)11-8-6-7-9-12(11)21-4/h6-10,13-14,16H,1-5H3/t13-,14+,16+/m0/s1. The van der Waals surface area contributed by atoms with Crippen LogP contribution in [0.15, 0.2) is 24.3 Å². The summed E-state index contributed by atoms with van der Waals surface area (Å²) in [5, 5.41) is -0.355. The molecule has 1 amide bonds. The molecule has 126 valence electrons. The summed E-state index contributed by atoms with van der Waals surface area (Å²) in [4.78, 5) is 25.6. The number of carbonyl (C=O) groups excluding carboxylic acids is 2. The van der Waals surface area contributed by atoms with Crippen molar-refractivity contribution in [2.24, 2.45) is 5.41 Å². The second kappa shape index (κ2) is 6.83. The van der Waals surface area contributed by atoms with Gasteiger partial charge in [-0.15, -0.1) is 11.8 Å². The van der Waals surface area contributed by atoms with Crippen LogP contribution < -0.4 is 4.74 Å². The Morgan fingerprint density at radius 1 is 1.26 bits per heavy atom. The molecule has 0 spiro atoms. The zero-order valence-corrected chi connectivity index (χ0v) is 14.9. The Hall–Kier alpha value is -1.69. The van der Waals surface area contributed by atoms with Crippen molar-refractivity contribution in [2.75, 3.05) is 14.2 Å². The average Bonchev–Trinajstić information content (AvgIpc) is 2.93. The van der Waals surface area contributed by atoms with Gasteiger partial charge in [-0.3, -0.25) is 4.79 Å². The number of nitrogens with zero attached hydrogens (tertiary/aromatic N) is 1. The first-order valence-corrected chi connectivity index (χ1v) is 8.38. The van der Waals surface area contributed by atoms with Crippen LogP contribution in [-0.4, -0.2) is 42.9 Å². The van der Waals surface area contributed by atoms with Crippen LogP contribution in [0.25, 0.3) is 0 Å². The maximum absolute atomic E-state index is 12.4. The summed E-state index contributed by atoms with van der Waals surface area (Å²) in [6.07, 6.45) is 0.750. The lowest BCUT2D eigenvalue weighted by atomic mass is 9.94. The zero-order chi connectivity index (χ0) is 17.2. The van der Waals surface area contributed by atoms with Gasteiger partial charge in [0.1, 0.15) is 11.8 Å². The van der Waals surface area contributed by atoms with Gasteiger partial charge in [0.25, 0.3) is 0 Å². The van der Waals surface area contributed by atoms with E-state index in [-0.39, 0.29) is 16.0 Å². The Labute approximate surface area is 141 Å². The van der Waals surface area contributed by atoms with Gasteiger partial charge in [0.05, 0.1) is 24.8 Å². The van der Waals surface area contributed by atoms with Crippen molar-refractivity contribution in [3.8, 4) is 5.75 Å². The Kier molecular flexibility index (Phi) is 5.24. The molecule has 0 saturated carbocycles. The van der Waals surface area contributed by atoms with Crippen molar-refractivity contribution in [3.63, 3.8) is 0 Å². The van der Waals surface area contributed by atoms with Crippen molar-refractivity contribution in [3.05, 3.63) is 29.8 Å². The van der Waals surface area contributed by atoms with Gasteiger partial charge in [-0.2, -0.15) is 0 Å². The number of hydrogen-bond donors (Lipinski definition) is 0. The predicted molar refractivity (Wildman–Crippen MR) is 90.3 cm³/mol. The average molecular weight is 337 g/mol. The van der Waals surface area contributed by atoms with Crippen LogP contribution >= 0.6 is 11.8 Å². The van der Waals surface area contributed by atoms with E-state index in [1.54, 1.807) is 23.8 Å². The first-order valence-electron chi connectivity index (χ1n) is 7.44. The van der Waals surface area contributed by atoms with E-state index in [0.717, 1.165) is 12.0 Å². The molecule has 0 radical (unpaired) electrons. The predicted octanol–water partition coefficient (Wildman–Crippen LogP) is 2.86. The fraction of sp³-hybridized carbons (Fsp3) is 0.529. The summed E-state index contributed by atoms with van der Waals surface area (Å²) in [5.74, 6) is 0.298. The highest BCUT2D eigenvalue weighted by Gasteiger charge is 2.51. The summed E-state index contributed by atoms with van der Waals surface area (Å²) >= 11 is 1.60. The highest BCUT2D eigenvalue weighted by molar-refractivity contribution is 8.00. The van der Waals surface area contributed by atoms with Gasteiger partial charge in [0.15, 0.2) is 0 Å². The number of thioether (sulfide) groups is 1. The summed E-state index contributed by atoms with van der Waals surface area (Å²) in [6.45, 7) is 6.17. The van der Waals surface area contributed by atoms with E-state index in [9.17, 15) is 9.59 Å². The summed E-state index contributed by atoms with van der Waals surface area (Å²) in [7, 11) is 2.95. The fourth-order valence-electron chi connectivity index (χ4n) is 2.87. The van der Waals surface area contributed by atoms with Crippen molar-refractivity contribution in [2.45, 2.75) is 37.4 Å². The van der Waals surface area contributed by atoms with Crippen LogP contribution in [0.1, 0.15) is 31.6 Å². The molecule has 23 heavy (non-hydrogen) atoms. The largest absolute Gasteiger partial charge is 0.496 e. The number of carbonyl (C=O) groups is 2. The molecule has 0 N–H and O–H groups in total. The molecule has 1 aromatic rings. The van der Waals surface area contributed by atoms with E-state index in [1.165, 1.54) is 7.11 Å². The third kappa shape index (κ3) is 3.32. The Morgan fingerprint density at radius 2 is 1.91 bits per heavy atom. The zero-order valence-electron chi connectivity index (χ0n) is 14.1. The second-order valence-electron chi connectivity index (χ2n) is 6.54. The van der Waals surface area contributed by atoms with Crippen LogP contribution in [0.3, 0.4) is 0 Å². The summed E-state index contributed by atoms with van der Waals surface area (Å²) in [6, 6.07) is 6.92. The molecular formula is C17H23NO4S. The number of methoxy groups -OCH3 is 2. The molecule has 3 atom stereocenters. The molecule has 1 fully saturated rings. The molecule has 0 aromatic heterocycles. The van der Waals surface area contributed by atoms with E-state index in [4.69, 9.17) is 9.47 Å². The molecule has 1 saturated heterocycles. The third-order valence-electron chi connectivity index (χ3n) is 3.90.